The van der Waals surface area contributed by atoms with Crippen LogP contribution in [0.1, 0.15) is 37.8 Å². The summed E-state index contributed by atoms with van der Waals surface area (Å²) in [7, 11) is 0. The highest BCUT2D eigenvalue weighted by atomic mass is 16.5. The Morgan fingerprint density at radius 3 is 2.62 bits per heavy atom. The summed E-state index contributed by atoms with van der Waals surface area (Å²) in [6.07, 6.45) is 4.37. The van der Waals surface area contributed by atoms with Gasteiger partial charge in [0.25, 0.3) is 0 Å². The lowest BCUT2D eigenvalue weighted by atomic mass is 10.0. The van der Waals surface area contributed by atoms with Crippen molar-refractivity contribution >= 4 is 0 Å². The van der Waals surface area contributed by atoms with Gasteiger partial charge in [-0.15, -0.1) is 0 Å². The molecular weight excluding hydrogens is 198 g/mol. The number of benzene rings is 1. The first-order valence-electron chi connectivity index (χ1n) is 6.26. The maximum Gasteiger partial charge on any atom is 0.122 e. The molecule has 0 amide bonds. The summed E-state index contributed by atoms with van der Waals surface area (Å²) in [5.74, 6) is 1.02. The summed E-state index contributed by atoms with van der Waals surface area (Å²) in [5.41, 5.74) is 8.26. The molecule has 1 aromatic carbocycles. The summed E-state index contributed by atoms with van der Waals surface area (Å²) in [4.78, 5) is 0. The Kier molecular flexibility index (Phi) is 5.94. The number of ether oxygens (including phenoxy) is 1. The fourth-order valence-corrected chi connectivity index (χ4v) is 1.86. The minimum atomic E-state index is 0.725. The van der Waals surface area contributed by atoms with Gasteiger partial charge in [-0.2, -0.15) is 0 Å². The van der Waals surface area contributed by atoms with E-state index >= 15 is 0 Å². The van der Waals surface area contributed by atoms with E-state index in [1.165, 1.54) is 17.5 Å². The van der Waals surface area contributed by atoms with Crippen molar-refractivity contribution in [3.63, 3.8) is 0 Å². The zero-order valence-corrected chi connectivity index (χ0v) is 10.5. The topological polar surface area (TPSA) is 35.2 Å². The van der Waals surface area contributed by atoms with E-state index < -0.39 is 0 Å². The van der Waals surface area contributed by atoms with Gasteiger partial charge in [0.15, 0.2) is 0 Å². The average Bonchev–Trinajstić information content (AvgIpc) is 2.30. The summed E-state index contributed by atoms with van der Waals surface area (Å²) in [5, 5.41) is 0. The van der Waals surface area contributed by atoms with Gasteiger partial charge in [-0.3, -0.25) is 0 Å². The molecule has 0 unspecified atom stereocenters. The van der Waals surface area contributed by atoms with Crippen molar-refractivity contribution < 1.29 is 4.74 Å². The Morgan fingerprint density at radius 2 is 2.00 bits per heavy atom. The first kappa shape index (κ1) is 13.0. The van der Waals surface area contributed by atoms with E-state index in [0.717, 1.165) is 38.2 Å². The highest BCUT2D eigenvalue weighted by Gasteiger charge is 2.04. The van der Waals surface area contributed by atoms with Crippen LogP contribution in [0.4, 0.5) is 0 Å². The van der Waals surface area contributed by atoms with E-state index in [2.05, 4.69) is 25.1 Å². The summed E-state index contributed by atoms with van der Waals surface area (Å²) in [6.45, 7) is 5.69. The molecule has 0 aliphatic rings. The van der Waals surface area contributed by atoms with E-state index in [1.54, 1.807) is 0 Å². The molecule has 2 N–H and O–H groups in total. The van der Waals surface area contributed by atoms with Crippen molar-refractivity contribution in [1.82, 2.24) is 0 Å². The lowest BCUT2D eigenvalue weighted by Gasteiger charge is -2.11. The summed E-state index contributed by atoms with van der Waals surface area (Å²) in [6, 6.07) is 6.53. The number of hydrogen-bond acceptors (Lipinski definition) is 2. The van der Waals surface area contributed by atoms with E-state index in [0.29, 0.717) is 0 Å². The molecule has 0 aliphatic carbocycles. The van der Waals surface area contributed by atoms with Crippen LogP contribution >= 0.6 is 0 Å². The molecule has 0 spiro atoms. The predicted molar refractivity (Wildman–Crippen MR) is 69.0 cm³/mol. The lowest BCUT2D eigenvalue weighted by Crippen LogP contribution is -2.03. The molecule has 1 aromatic rings. The van der Waals surface area contributed by atoms with Crippen LogP contribution in [0, 0.1) is 0 Å². The van der Waals surface area contributed by atoms with E-state index in [4.69, 9.17) is 10.5 Å². The van der Waals surface area contributed by atoms with Crippen LogP contribution in [0.5, 0.6) is 5.75 Å². The standard InChI is InChI=1S/C14H23NO/c1-3-6-12-8-9-14(16-4-2)13(11-12)7-5-10-15/h8-9,11H,3-7,10,15H2,1-2H3. The molecule has 0 saturated heterocycles. The highest BCUT2D eigenvalue weighted by Crippen LogP contribution is 2.22. The molecule has 0 heterocycles. The number of rotatable bonds is 7. The molecule has 0 bridgehead atoms. The maximum atomic E-state index is 5.63. The average molecular weight is 221 g/mol. The number of nitrogens with two attached hydrogens (primary N) is 1. The fourth-order valence-electron chi connectivity index (χ4n) is 1.86. The second-order valence-corrected chi connectivity index (χ2v) is 4.02. The molecule has 0 radical (unpaired) electrons. The van der Waals surface area contributed by atoms with Crippen LogP contribution in [0.3, 0.4) is 0 Å². The second kappa shape index (κ2) is 7.29. The number of hydrogen-bond donors (Lipinski definition) is 1. The summed E-state index contributed by atoms with van der Waals surface area (Å²) < 4.78 is 5.63. The van der Waals surface area contributed by atoms with Crippen LogP contribution in [0.2, 0.25) is 0 Å². The van der Waals surface area contributed by atoms with Crippen LogP contribution in [0.15, 0.2) is 18.2 Å². The molecule has 0 atom stereocenters. The van der Waals surface area contributed by atoms with E-state index in [1.807, 2.05) is 6.92 Å². The first-order valence-corrected chi connectivity index (χ1v) is 6.26. The van der Waals surface area contributed by atoms with Gasteiger partial charge in [0.05, 0.1) is 6.61 Å². The van der Waals surface area contributed by atoms with Crippen molar-refractivity contribution in [3.05, 3.63) is 29.3 Å². The lowest BCUT2D eigenvalue weighted by molar-refractivity contribution is 0.336. The Labute approximate surface area is 98.8 Å². The largest absolute Gasteiger partial charge is 0.494 e. The van der Waals surface area contributed by atoms with Gasteiger partial charge in [-0.1, -0.05) is 25.5 Å². The smallest absolute Gasteiger partial charge is 0.122 e. The van der Waals surface area contributed by atoms with Gasteiger partial charge in [-0.05, 0) is 49.9 Å². The molecule has 1 rings (SSSR count). The third-order valence-electron chi connectivity index (χ3n) is 2.61. The second-order valence-electron chi connectivity index (χ2n) is 4.02. The fraction of sp³-hybridized carbons (Fsp3) is 0.571. The Bertz CT molecular complexity index is 310. The highest BCUT2D eigenvalue weighted by molar-refractivity contribution is 5.37. The molecule has 0 aromatic heterocycles. The quantitative estimate of drug-likeness (QED) is 0.768. The van der Waals surface area contributed by atoms with Gasteiger partial charge < -0.3 is 10.5 Å². The SMILES string of the molecule is CCCc1ccc(OCC)c(CCCN)c1. The van der Waals surface area contributed by atoms with Crippen molar-refractivity contribution in [2.45, 2.75) is 39.5 Å². The van der Waals surface area contributed by atoms with Crippen molar-refractivity contribution in [3.8, 4) is 5.75 Å². The van der Waals surface area contributed by atoms with Crippen molar-refractivity contribution in [1.29, 1.82) is 0 Å². The van der Waals surface area contributed by atoms with Crippen LogP contribution in [0.25, 0.3) is 0 Å². The van der Waals surface area contributed by atoms with Gasteiger partial charge in [0, 0.05) is 0 Å². The van der Waals surface area contributed by atoms with Crippen molar-refractivity contribution in [2.24, 2.45) is 5.73 Å². The molecule has 90 valence electrons. The monoisotopic (exact) mass is 221 g/mol. The summed E-state index contributed by atoms with van der Waals surface area (Å²) >= 11 is 0. The molecule has 2 heteroatoms. The van der Waals surface area contributed by atoms with E-state index in [9.17, 15) is 0 Å². The minimum absolute atomic E-state index is 0.725. The third-order valence-corrected chi connectivity index (χ3v) is 2.61. The van der Waals surface area contributed by atoms with Gasteiger partial charge in [0.1, 0.15) is 5.75 Å². The third kappa shape index (κ3) is 3.86. The molecule has 2 nitrogen and oxygen atoms in total. The first-order chi connectivity index (χ1) is 7.81. The zero-order valence-electron chi connectivity index (χ0n) is 10.5. The minimum Gasteiger partial charge on any atom is -0.494 e. The van der Waals surface area contributed by atoms with Gasteiger partial charge in [-0.25, -0.2) is 0 Å². The van der Waals surface area contributed by atoms with Crippen molar-refractivity contribution in [2.75, 3.05) is 13.2 Å². The van der Waals surface area contributed by atoms with E-state index in [-0.39, 0.29) is 0 Å². The molecular formula is C14H23NO. The molecule has 0 saturated carbocycles. The predicted octanol–water partition coefficient (Wildman–Crippen LogP) is 2.93. The van der Waals surface area contributed by atoms with Crippen LogP contribution in [-0.2, 0) is 12.8 Å². The normalized spacial score (nSPS) is 10.4. The van der Waals surface area contributed by atoms with Crippen LogP contribution < -0.4 is 10.5 Å². The maximum absolute atomic E-state index is 5.63. The van der Waals surface area contributed by atoms with Gasteiger partial charge >= 0.3 is 0 Å². The molecule has 16 heavy (non-hydrogen) atoms. The van der Waals surface area contributed by atoms with Crippen LogP contribution in [-0.4, -0.2) is 13.2 Å². The number of aryl methyl sites for hydroxylation is 2. The zero-order chi connectivity index (χ0) is 11.8. The Balaban J connectivity index is 2.82. The molecule has 0 aliphatic heterocycles. The van der Waals surface area contributed by atoms with Gasteiger partial charge in [0.2, 0.25) is 0 Å². The molecule has 0 fully saturated rings. The Morgan fingerprint density at radius 1 is 1.19 bits per heavy atom. The Hall–Kier alpha value is -1.02.